The molecule has 1 rings (SSSR count). The van der Waals surface area contributed by atoms with Gasteiger partial charge in [-0.3, -0.25) is 0 Å². The van der Waals surface area contributed by atoms with Gasteiger partial charge in [0.25, 0.3) is 0 Å². The molecule has 18 heavy (non-hydrogen) atoms. The maximum atomic E-state index is 11.9. The van der Waals surface area contributed by atoms with Crippen molar-refractivity contribution in [2.75, 3.05) is 12.3 Å². The minimum absolute atomic E-state index is 0.0838. The van der Waals surface area contributed by atoms with Crippen molar-refractivity contribution in [3.8, 4) is 5.75 Å². The molecule has 0 bridgehead atoms. The molecule has 4 nitrogen and oxygen atoms in total. The molecular weight excluding hydrogens is 230 g/mol. The predicted octanol–water partition coefficient (Wildman–Crippen LogP) is 3.01. The Morgan fingerprint density at radius 1 is 1.33 bits per heavy atom. The first kappa shape index (κ1) is 14.4. The highest BCUT2D eigenvalue weighted by Crippen LogP contribution is 2.20. The summed E-state index contributed by atoms with van der Waals surface area (Å²) in [7, 11) is 0. The molecule has 0 amide bonds. The van der Waals surface area contributed by atoms with E-state index in [0.29, 0.717) is 23.6 Å². The average Bonchev–Trinajstić information content (AvgIpc) is 2.28. The van der Waals surface area contributed by atoms with Crippen molar-refractivity contribution in [2.24, 2.45) is 0 Å². The molecule has 100 valence electrons. The van der Waals surface area contributed by atoms with Crippen molar-refractivity contribution in [2.45, 2.75) is 39.7 Å². The fourth-order valence-electron chi connectivity index (χ4n) is 1.71. The van der Waals surface area contributed by atoms with E-state index in [-0.39, 0.29) is 12.1 Å². The van der Waals surface area contributed by atoms with E-state index < -0.39 is 0 Å². The van der Waals surface area contributed by atoms with Gasteiger partial charge in [-0.15, -0.1) is 0 Å². The highest BCUT2D eigenvalue weighted by atomic mass is 16.5. The maximum Gasteiger partial charge on any atom is 0.338 e. The van der Waals surface area contributed by atoms with Crippen molar-refractivity contribution in [3.05, 3.63) is 23.8 Å². The van der Waals surface area contributed by atoms with Gasteiger partial charge in [0.15, 0.2) is 0 Å². The lowest BCUT2D eigenvalue weighted by Gasteiger charge is -2.13. The fourth-order valence-corrected chi connectivity index (χ4v) is 1.71. The number of rotatable bonds is 6. The van der Waals surface area contributed by atoms with Crippen LogP contribution in [0.4, 0.5) is 5.69 Å². The van der Waals surface area contributed by atoms with Crippen LogP contribution in [-0.2, 0) is 4.74 Å². The van der Waals surface area contributed by atoms with Crippen molar-refractivity contribution in [1.82, 2.24) is 0 Å². The Balaban J connectivity index is 2.78. The van der Waals surface area contributed by atoms with Gasteiger partial charge in [0.1, 0.15) is 5.75 Å². The van der Waals surface area contributed by atoms with Crippen molar-refractivity contribution in [1.29, 1.82) is 0 Å². The number of nitrogen functional groups attached to an aromatic ring is 1. The lowest BCUT2D eigenvalue weighted by Crippen LogP contribution is -2.15. The van der Waals surface area contributed by atoms with Crippen LogP contribution in [0.2, 0.25) is 0 Å². The summed E-state index contributed by atoms with van der Waals surface area (Å²) in [6.45, 7) is 6.35. The molecule has 0 aliphatic heterocycles. The minimum atomic E-state index is -0.357. The summed E-state index contributed by atoms with van der Waals surface area (Å²) < 4.78 is 10.7. The Kier molecular flexibility index (Phi) is 5.49. The molecule has 0 aliphatic carbocycles. The van der Waals surface area contributed by atoms with Crippen LogP contribution < -0.4 is 10.5 Å². The smallest absolute Gasteiger partial charge is 0.338 e. The minimum Gasteiger partial charge on any atom is -0.494 e. The van der Waals surface area contributed by atoms with Gasteiger partial charge < -0.3 is 15.2 Å². The molecule has 0 heterocycles. The summed E-state index contributed by atoms with van der Waals surface area (Å²) in [6.07, 6.45) is 1.75. The van der Waals surface area contributed by atoms with Gasteiger partial charge in [0, 0.05) is 11.8 Å². The van der Waals surface area contributed by atoms with E-state index in [1.807, 2.05) is 13.8 Å². The summed E-state index contributed by atoms with van der Waals surface area (Å²) in [5.74, 6) is 0.233. The zero-order chi connectivity index (χ0) is 13.5. The molecule has 0 radical (unpaired) electrons. The summed E-state index contributed by atoms with van der Waals surface area (Å²) in [4.78, 5) is 11.9. The number of hydrogen-bond acceptors (Lipinski definition) is 4. The zero-order valence-corrected chi connectivity index (χ0v) is 11.2. The number of benzene rings is 1. The van der Waals surface area contributed by atoms with Gasteiger partial charge in [-0.25, -0.2) is 4.79 Å². The molecule has 0 saturated carbocycles. The predicted molar refractivity (Wildman–Crippen MR) is 71.8 cm³/mol. The van der Waals surface area contributed by atoms with Gasteiger partial charge in [0.2, 0.25) is 0 Å². The van der Waals surface area contributed by atoms with E-state index in [1.54, 1.807) is 18.2 Å². The number of nitrogens with two attached hydrogens (primary N) is 1. The first-order valence-corrected chi connectivity index (χ1v) is 6.31. The topological polar surface area (TPSA) is 61.5 Å². The molecule has 1 aromatic carbocycles. The van der Waals surface area contributed by atoms with Crippen LogP contribution in [0.25, 0.3) is 0 Å². The van der Waals surface area contributed by atoms with Crippen LogP contribution in [-0.4, -0.2) is 18.7 Å². The monoisotopic (exact) mass is 251 g/mol. The van der Waals surface area contributed by atoms with Crippen molar-refractivity contribution >= 4 is 11.7 Å². The van der Waals surface area contributed by atoms with E-state index in [1.165, 1.54) is 0 Å². The van der Waals surface area contributed by atoms with Crippen LogP contribution in [0.5, 0.6) is 5.75 Å². The maximum absolute atomic E-state index is 11.9. The second kappa shape index (κ2) is 6.89. The summed E-state index contributed by atoms with van der Waals surface area (Å²) in [6, 6.07) is 4.94. The Morgan fingerprint density at radius 2 is 2.06 bits per heavy atom. The van der Waals surface area contributed by atoms with Crippen LogP contribution in [0.1, 0.15) is 44.0 Å². The van der Waals surface area contributed by atoms with E-state index in [0.717, 1.165) is 12.8 Å². The third-order valence-electron chi connectivity index (χ3n) is 2.48. The van der Waals surface area contributed by atoms with Crippen LogP contribution >= 0.6 is 0 Å². The van der Waals surface area contributed by atoms with E-state index >= 15 is 0 Å². The van der Waals surface area contributed by atoms with Gasteiger partial charge in [-0.1, -0.05) is 13.3 Å². The van der Waals surface area contributed by atoms with E-state index in [9.17, 15) is 4.79 Å². The highest BCUT2D eigenvalue weighted by Gasteiger charge is 2.13. The molecule has 0 aromatic heterocycles. The normalized spacial score (nSPS) is 11.9. The van der Waals surface area contributed by atoms with Crippen LogP contribution in [0.3, 0.4) is 0 Å². The van der Waals surface area contributed by atoms with Crippen molar-refractivity contribution < 1.29 is 14.3 Å². The quantitative estimate of drug-likeness (QED) is 0.623. The molecule has 2 N–H and O–H groups in total. The number of esters is 1. The van der Waals surface area contributed by atoms with Gasteiger partial charge in [-0.2, -0.15) is 0 Å². The second-order valence-corrected chi connectivity index (χ2v) is 4.23. The SMILES string of the molecule is CCCC(C)OC(=O)c1cc(N)cc(OCC)c1. The van der Waals surface area contributed by atoms with E-state index in [4.69, 9.17) is 15.2 Å². The lowest BCUT2D eigenvalue weighted by molar-refractivity contribution is 0.0323. The summed E-state index contributed by atoms with van der Waals surface area (Å²) in [5.41, 5.74) is 6.66. The molecule has 0 spiro atoms. The Bertz CT molecular complexity index is 404. The largest absolute Gasteiger partial charge is 0.494 e. The standard InChI is InChI=1S/C14H21NO3/c1-4-6-10(3)18-14(16)11-7-12(15)9-13(8-11)17-5-2/h7-10H,4-6,15H2,1-3H3. The number of anilines is 1. The van der Waals surface area contributed by atoms with Crippen molar-refractivity contribution in [3.63, 3.8) is 0 Å². The van der Waals surface area contributed by atoms with E-state index in [2.05, 4.69) is 6.92 Å². The Labute approximate surface area is 108 Å². The first-order valence-electron chi connectivity index (χ1n) is 6.31. The molecule has 0 aliphatic rings. The molecule has 1 unspecified atom stereocenters. The zero-order valence-electron chi connectivity index (χ0n) is 11.2. The van der Waals surface area contributed by atoms with Crippen LogP contribution in [0, 0.1) is 0 Å². The summed E-state index contributed by atoms with van der Waals surface area (Å²) in [5, 5.41) is 0. The molecular formula is C14H21NO3. The molecule has 0 saturated heterocycles. The third kappa shape index (κ3) is 4.28. The highest BCUT2D eigenvalue weighted by molar-refractivity contribution is 5.91. The number of carbonyl (C=O) groups excluding carboxylic acids is 1. The van der Waals surface area contributed by atoms with Gasteiger partial charge in [0.05, 0.1) is 18.3 Å². The van der Waals surface area contributed by atoms with Gasteiger partial charge in [-0.05, 0) is 32.4 Å². The summed E-state index contributed by atoms with van der Waals surface area (Å²) >= 11 is 0. The number of carbonyl (C=O) groups is 1. The third-order valence-corrected chi connectivity index (χ3v) is 2.48. The molecule has 0 fully saturated rings. The molecule has 4 heteroatoms. The Morgan fingerprint density at radius 3 is 2.67 bits per heavy atom. The second-order valence-electron chi connectivity index (χ2n) is 4.23. The Hall–Kier alpha value is -1.71. The lowest BCUT2D eigenvalue weighted by atomic mass is 10.2. The number of hydrogen-bond donors (Lipinski definition) is 1. The number of ether oxygens (including phenoxy) is 2. The van der Waals surface area contributed by atoms with Gasteiger partial charge >= 0.3 is 5.97 Å². The molecule has 1 aromatic rings. The first-order chi connectivity index (χ1) is 8.56. The van der Waals surface area contributed by atoms with Crippen LogP contribution in [0.15, 0.2) is 18.2 Å². The fraction of sp³-hybridized carbons (Fsp3) is 0.500. The molecule has 1 atom stereocenters. The average molecular weight is 251 g/mol.